The van der Waals surface area contributed by atoms with E-state index in [1.165, 1.54) is 12.3 Å². The summed E-state index contributed by atoms with van der Waals surface area (Å²) in [5.74, 6) is -0.301. The Labute approximate surface area is 169 Å². The van der Waals surface area contributed by atoms with Crippen LogP contribution in [0.4, 0.5) is 5.69 Å². The predicted octanol–water partition coefficient (Wildman–Crippen LogP) is 1.13. The minimum absolute atomic E-state index is 0.281. The van der Waals surface area contributed by atoms with Crippen LogP contribution in [0, 0.1) is 5.41 Å². The Morgan fingerprint density at radius 1 is 1.28 bits per heavy atom. The molecule has 2 aromatic rings. The number of aliphatic hydroxyl groups excluding tert-OH is 2. The fourth-order valence-electron chi connectivity index (χ4n) is 2.52. The Bertz CT molecular complexity index is 878. The van der Waals surface area contributed by atoms with Crippen molar-refractivity contribution >= 4 is 29.5 Å². The standard InChI is InChI=1S/C21H25N5O3/c22-9-17(10-23)20-7-8-24-12-16(20)3-6-21(29)26-18-4-1-15(2-5-18)11-25-13-19(28)14-27/h1-10,12,19,22,25,27-28H,11,13-14,23H2,(H,26,29)/b6-3+,17-10+,22-9?. The molecule has 0 radical (unpaired) electrons. The van der Waals surface area contributed by atoms with E-state index in [0.717, 1.165) is 11.8 Å². The Morgan fingerprint density at radius 3 is 2.69 bits per heavy atom. The van der Waals surface area contributed by atoms with Gasteiger partial charge in [0.1, 0.15) is 0 Å². The number of carbonyl (C=O) groups excluding carboxylic acids is 1. The molecule has 0 spiro atoms. The summed E-state index contributed by atoms with van der Waals surface area (Å²) in [4.78, 5) is 16.3. The molecule has 0 fully saturated rings. The molecule has 1 aromatic carbocycles. The van der Waals surface area contributed by atoms with Crippen LogP contribution in [0.1, 0.15) is 16.7 Å². The number of allylic oxidation sites excluding steroid dienone is 1. The van der Waals surface area contributed by atoms with E-state index in [9.17, 15) is 9.90 Å². The molecule has 1 amide bonds. The van der Waals surface area contributed by atoms with Gasteiger partial charge in [0.05, 0.1) is 12.7 Å². The molecule has 152 valence electrons. The number of anilines is 1. The number of aliphatic hydroxyl groups is 2. The number of nitrogens with one attached hydrogen (secondary N) is 3. The van der Waals surface area contributed by atoms with Crippen molar-refractivity contribution in [1.29, 1.82) is 5.41 Å². The normalized spacial score (nSPS) is 12.7. The number of pyridine rings is 1. The zero-order valence-electron chi connectivity index (χ0n) is 15.9. The lowest BCUT2D eigenvalue weighted by atomic mass is 10.0. The second-order valence-electron chi connectivity index (χ2n) is 6.22. The molecule has 0 saturated carbocycles. The summed E-state index contributed by atoms with van der Waals surface area (Å²) in [6, 6.07) is 9.02. The fourth-order valence-corrected chi connectivity index (χ4v) is 2.52. The summed E-state index contributed by atoms with van der Waals surface area (Å²) < 4.78 is 0. The van der Waals surface area contributed by atoms with Crippen LogP contribution in [0.25, 0.3) is 11.6 Å². The van der Waals surface area contributed by atoms with E-state index in [2.05, 4.69) is 15.6 Å². The molecular formula is C21H25N5O3. The summed E-state index contributed by atoms with van der Waals surface area (Å²) in [6.07, 6.45) is 7.91. The zero-order valence-corrected chi connectivity index (χ0v) is 15.9. The molecule has 0 aliphatic carbocycles. The van der Waals surface area contributed by atoms with Gasteiger partial charge in [0.2, 0.25) is 5.91 Å². The molecule has 0 aliphatic rings. The van der Waals surface area contributed by atoms with Crippen LogP contribution in [-0.2, 0) is 11.3 Å². The third kappa shape index (κ3) is 6.96. The number of aromatic nitrogens is 1. The van der Waals surface area contributed by atoms with E-state index in [1.54, 1.807) is 36.7 Å². The maximum Gasteiger partial charge on any atom is 0.248 e. The SMILES string of the molecule is N=C/C(=C\N)c1ccncc1/C=C/C(=O)Nc1ccc(CNCC(O)CO)cc1. The van der Waals surface area contributed by atoms with Crippen molar-refractivity contribution in [1.82, 2.24) is 10.3 Å². The maximum absolute atomic E-state index is 12.2. The molecule has 1 heterocycles. The first-order valence-electron chi connectivity index (χ1n) is 9.01. The average Bonchev–Trinajstić information content (AvgIpc) is 2.75. The summed E-state index contributed by atoms with van der Waals surface area (Å²) in [7, 11) is 0. The molecule has 2 rings (SSSR count). The third-order valence-electron chi connectivity index (χ3n) is 4.05. The lowest BCUT2D eigenvalue weighted by molar-refractivity contribution is -0.111. The van der Waals surface area contributed by atoms with Crippen molar-refractivity contribution in [3.8, 4) is 0 Å². The van der Waals surface area contributed by atoms with Crippen molar-refractivity contribution in [3.05, 3.63) is 71.7 Å². The van der Waals surface area contributed by atoms with Gasteiger partial charge < -0.3 is 32.0 Å². The van der Waals surface area contributed by atoms with Crippen molar-refractivity contribution in [3.63, 3.8) is 0 Å². The van der Waals surface area contributed by atoms with E-state index >= 15 is 0 Å². The summed E-state index contributed by atoms with van der Waals surface area (Å²) in [5.41, 5.74) is 9.09. The topological polar surface area (TPSA) is 144 Å². The Balaban J connectivity index is 1.95. The van der Waals surface area contributed by atoms with Crippen LogP contribution in [0.15, 0.2) is 55.0 Å². The number of rotatable bonds is 10. The monoisotopic (exact) mass is 395 g/mol. The van der Waals surface area contributed by atoms with E-state index in [0.29, 0.717) is 35.5 Å². The minimum atomic E-state index is -0.781. The second kappa shape index (κ2) is 11.5. The van der Waals surface area contributed by atoms with E-state index in [4.69, 9.17) is 16.2 Å². The maximum atomic E-state index is 12.2. The molecule has 8 nitrogen and oxygen atoms in total. The molecular weight excluding hydrogens is 370 g/mol. The Hall–Kier alpha value is -3.33. The fraction of sp³-hybridized carbons (Fsp3) is 0.190. The quantitative estimate of drug-likeness (QED) is 0.263. The largest absolute Gasteiger partial charge is 0.404 e. The highest BCUT2D eigenvalue weighted by Crippen LogP contribution is 2.17. The molecule has 1 aromatic heterocycles. The van der Waals surface area contributed by atoms with Gasteiger partial charge >= 0.3 is 0 Å². The van der Waals surface area contributed by atoms with Gasteiger partial charge in [0.15, 0.2) is 0 Å². The third-order valence-corrected chi connectivity index (χ3v) is 4.05. The molecule has 0 saturated heterocycles. The number of nitrogens with zero attached hydrogens (tertiary/aromatic N) is 1. The van der Waals surface area contributed by atoms with E-state index < -0.39 is 6.10 Å². The van der Waals surface area contributed by atoms with Gasteiger partial charge in [-0.3, -0.25) is 9.78 Å². The molecule has 7 N–H and O–H groups in total. The van der Waals surface area contributed by atoms with Crippen molar-refractivity contribution in [2.24, 2.45) is 5.73 Å². The summed E-state index contributed by atoms with van der Waals surface area (Å²) >= 11 is 0. The van der Waals surface area contributed by atoms with Gasteiger partial charge in [0, 0.05) is 60.8 Å². The number of carbonyl (C=O) groups is 1. The first-order chi connectivity index (χ1) is 14.1. The summed E-state index contributed by atoms with van der Waals surface area (Å²) in [6.45, 7) is 0.561. The van der Waals surface area contributed by atoms with Gasteiger partial charge in [-0.15, -0.1) is 0 Å². The molecule has 29 heavy (non-hydrogen) atoms. The number of nitrogens with two attached hydrogens (primary N) is 1. The zero-order chi connectivity index (χ0) is 21.1. The smallest absolute Gasteiger partial charge is 0.248 e. The number of amides is 1. The second-order valence-corrected chi connectivity index (χ2v) is 6.22. The van der Waals surface area contributed by atoms with Crippen LogP contribution in [0.5, 0.6) is 0 Å². The number of hydrogen-bond donors (Lipinski definition) is 6. The summed E-state index contributed by atoms with van der Waals surface area (Å²) in [5, 5.41) is 31.3. The molecule has 0 aliphatic heterocycles. The van der Waals surface area contributed by atoms with Crippen LogP contribution in [0.2, 0.25) is 0 Å². The van der Waals surface area contributed by atoms with Crippen LogP contribution >= 0.6 is 0 Å². The first kappa shape index (κ1) is 22.0. The van der Waals surface area contributed by atoms with Crippen molar-refractivity contribution in [2.75, 3.05) is 18.5 Å². The Kier molecular flexibility index (Phi) is 8.71. The minimum Gasteiger partial charge on any atom is -0.404 e. The predicted molar refractivity (Wildman–Crippen MR) is 114 cm³/mol. The highest BCUT2D eigenvalue weighted by molar-refractivity contribution is 6.10. The Morgan fingerprint density at radius 2 is 2.03 bits per heavy atom. The van der Waals surface area contributed by atoms with Gasteiger partial charge in [0.25, 0.3) is 0 Å². The van der Waals surface area contributed by atoms with Gasteiger partial charge in [-0.2, -0.15) is 0 Å². The van der Waals surface area contributed by atoms with Crippen LogP contribution < -0.4 is 16.4 Å². The van der Waals surface area contributed by atoms with Crippen molar-refractivity contribution in [2.45, 2.75) is 12.6 Å². The van der Waals surface area contributed by atoms with Gasteiger partial charge in [-0.05, 0) is 35.4 Å². The first-order valence-corrected chi connectivity index (χ1v) is 9.01. The highest BCUT2D eigenvalue weighted by atomic mass is 16.3. The van der Waals surface area contributed by atoms with Gasteiger partial charge in [-0.1, -0.05) is 12.1 Å². The molecule has 1 atom stereocenters. The number of hydrogen-bond acceptors (Lipinski definition) is 7. The van der Waals surface area contributed by atoms with Crippen LogP contribution in [-0.4, -0.2) is 46.6 Å². The van der Waals surface area contributed by atoms with Crippen LogP contribution in [0.3, 0.4) is 0 Å². The molecule has 1 unspecified atom stereocenters. The number of benzene rings is 1. The van der Waals surface area contributed by atoms with Crippen molar-refractivity contribution < 1.29 is 15.0 Å². The van der Waals surface area contributed by atoms with E-state index in [1.807, 2.05) is 12.1 Å². The lowest BCUT2D eigenvalue weighted by Crippen LogP contribution is -2.28. The highest BCUT2D eigenvalue weighted by Gasteiger charge is 2.05. The lowest BCUT2D eigenvalue weighted by Gasteiger charge is -2.09. The average molecular weight is 395 g/mol. The van der Waals surface area contributed by atoms with Gasteiger partial charge in [-0.25, -0.2) is 0 Å². The molecule has 0 bridgehead atoms. The molecule has 8 heteroatoms. The van der Waals surface area contributed by atoms with E-state index in [-0.39, 0.29) is 12.5 Å².